The Hall–Kier alpha value is -0.900. The molecule has 1 saturated heterocycles. The Kier molecular flexibility index (Phi) is 5.58. The zero-order valence-corrected chi connectivity index (χ0v) is 13.2. The number of rotatable bonds is 6. The SMILES string of the molecule is CCN1CCCC1CN(C)C(CN)c1ccccc1C. The fourth-order valence-electron chi connectivity index (χ4n) is 3.48. The first kappa shape index (κ1) is 15.5. The molecule has 2 rings (SSSR count). The number of hydrogen-bond donors (Lipinski definition) is 1. The minimum atomic E-state index is 0.329. The Bertz CT molecular complexity index is 418. The molecule has 3 heteroatoms. The standard InChI is InChI=1S/C17H29N3/c1-4-20-11-7-9-15(20)13-19(3)17(12-18)16-10-6-5-8-14(16)2/h5-6,8,10,15,17H,4,7,9,11-13,18H2,1-3H3. The molecule has 0 spiro atoms. The smallest absolute Gasteiger partial charge is 0.0470 e. The molecule has 0 amide bonds. The summed E-state index contributed by atoms with van der Waals surface area (Å²) in [5, 5.41) is 0. The van der Waals surface area contributed by atoms with E-state index >= 15 is 0 Å². The maximum absolute atomic E-state index is 6.06. The lowest BCUT2D eigenvalue weighted by Gasteiger charge is -2.33. The third-order valence-electron chi connectivity index (χ3n) is 4.71. The summed E-state index contributed by atoms with van der Waals surface area (Å²) in [4.78, 5) is 5.04. The average molecular weight is 275 g/mol. The van der Waals surface area contributed by atoms with E-state index in [0.29, 0.717) is 18.6 Å². The van der Waals surface area contributed by atoms with Crippen molar-refractivity contribution in [2.45, 2.75) is 38.8 Å². The molecule has 20 heavy (non-hydrogen) atoms. The molecule has 1 fully saturated rings. The van der Waals surface area contributed by atoms with Gasteiger partial charge in [0.2, 0.25) is 0 Å². The quantitative estimate of drug-likeness (QED) is 0.865. The lowest BCUT2D eigenvalue weighted by molar-refractivity contribution is 0.165. The molecule has 3 nitrogen and oxygen atoms in total. The Morgan fingerprint density at radius 2 is 2.15 bits per heavy atom. The third kappa shape index (κ3) is 3.40. The molecule has 1 heterocycles. The molecule has 0 aliphatic carbocycles. The zero-order valence-electron chi connectivity index (χ0n) is 13.2. The second kappa shape index (κ2) is 7.21. The minimum Gasteiger partial charge on any atom is -0.329 e. The maximum atomic E-state index is 6.06. The van der Waals surface area contributed by atoms with Gasteiger partial charge in [-0.05, 0) is 51.0 Å². The Labute approximate surface area is 123 Å². The van der Waals surface area contributed by atoms with Crippen LogP contribution in [0.2, 0.25) is 0 Å². The van der Waals surface area contributed by atoms with Crippen LogP contribution in [-0.4, -0.2) is 49.1 Å². The average Bonchev–Trinajstić information content (AvgIpc) is 2.89. The van der Waals surface area contributed by atoms with Crippen molar-refractivity contribution in [3.63, 3.8) is 0 Å². The Morgan fingerprint density at radius 3 is 2.80 bits per heavy atom. The zero-order chi connectivity index (χ0) is 14.5. The van der Waals surface area contributed by atoms with Crippen LogP contribution in [-0.2, 0) is 0 Å². The van der Waals surface area contributed by atoms with Gasteiger partial charge in [-0.3, -0.25) is 9.80 Å². The number of likely N-dealkylation sites (tertiary alicyclic amines) is 1. The molecule has 1 aromatic rings. The molecule has 1 aliphatic heterocycles. The summed E-state index contributed by atoms with van der Waals surface area (Å²) < 4.78 is 0. The van der Waals surface area contributed by atoms with Gasteiger partial charge in [-0.25, -0.2) is 0 Å². The van der Waals surface area contributed by atoms with E-state index in [4.69, 9.17) is 5.73 Å². The summed E-state index contributed by atoms with van der Waals surface area (Å²) in [6.45, 7) is 8.66. The summed E-state index contributed by atoms with van der Waals surface area (Å²) in [5.74, 6) is 0. The molecule has 0 saturated carbocycles. The molecule has 112 valence electrons. The van der Waals surface area contributed by atoms with E-state index < -0.39 is 0 Å². The third-order valence-corrected chi connectivity index (χ3v) is 4.71. The van der Waals surface area contributed by atoms with Crippen molar-refractivity contribution in [1.82, 2.24) is 9.80 Å². The van der Waals surface area contributed by atoms with Crippen LogP contribution in [0.1, 0.15) is 36.9 Å². The highest BCUT2D eigenvalue weighted by molar-refractivity contribution is 5.29. The van der Waals surface area contributed by atoms with Crippen LogP contribution in [0.25, 0.3) is 0 Å². The number of nitrogens with two attached hydrogens (primary N) is 1. The topological polar surface area (TPSA) is 32.5 Å². The van der Waals surface area contributed by atoms with E-state index in [1.165, 1.54) is 30.5 Å². The molecule has 2 atom stereocenters. The molecule has 2 N–H and O–H groups in total. The highest BCUT2D eigenvalue weighted by atomic mass is 15.2. The van der Waals surface area contributed by atoms with Crippen molar-refractivity contribution >= 4 is 0 Å². The number of likely N-dealkylation sites (N-methyl/N-ethyl adjacent to an activating group) is 2. The summed E-state index contributed by atoms with van der Waals surface area (Å²) in [7, 11) is 2.22. The van der Waals surface area contributed by atoms with Gasteiger partial charge in [0.25, 0.3) is 0 Å². The lowest BCUT2D eigenvalue weighted by atomic mass is 9.99. The predicted molar refractivity (Wildman–Crippen MR) is 85.9 cm³/mol. The summed E-state index contributed by atoms with van der Waals surface area (Å²) in [5.41, 5.74) is 8.78. The molecule has 1 aliphatic rings. The van der Waals surface area contributed by atoms with Crippen LogP contribution >= 0.6 is 0 Å². The van der Waals surface area contributed by atoms with Crippen molar-refractivity contribution in [2.24, 2.45) is 5.73 Å². The number of hydrogen-bond acceptors (Lipinski definition) is 3. The van der Waals surface area contributed by atoms with Crippen molar-refractivity contribution in [3.05, 3.63) is 35.4 Å². The highest BCUT2D eigenvalue weighted by Gasteiger charge is 2.26. The Morgan fingerprint density at radius 1 is 1.40 bits per heavy atom. The van der Waals surface area contributed by atoms with Crippen LogP contribution < -0.4 is 5.73 Å². The van der Waals surface area contributed by atoms with Crippen molar-refractivity contribution in [1.29, 1.82) is 0 Å². The van der Waals surface area contributed by atoms with Gasteiger partial charge < -0.3 is 5.73 Å². The van der Waals surface area contributed by atoms with Gasteiger partial charge in [0.15, 0.2) is 0 Å². The predicted octanol–water partition coefficient (Wildman–Crippen LogP) is 2.41. The fourth-order valence-corrected chi connectivity index (χ4v) is 3.48. The first-order valence-electron chi connectivity index (χ1n) is 7.87. The molecule has 0 radical (unpaired) electrons. The van der Waals surface area contributed by atoms with Crippen molar-refractivity contribution < 1.29 is 0 Å². The van der Waals surface area contributed by atoms with Crippen LogP contribution in [0.3, 0.4) is 0 Å². The second-order valence-electron chi connectivity index (χ2n) is 5.97. The molecule has 0 aromatic heterocycles. The molecule has 1 aromatic carbocycles. The van der Waals surface area contributed by atoms with Gasteiger partial charge in [-0.15, -0.1) is 0 Å². The van der Waals surface area contributed by atoms with E-state index in [1.807, 2.05) is 0 Å². The van der Waals surface area contributed by atoms with Gasteiger partial charge in [0, 0.05) is 25.2 Å². The number of benzene rings is 1. The maximum Gasteiger partial charge on any atom is 0.0470 e. The fraction of sp³-hybridized carbons (Fsp3) is 0.647. The summed E-state index contributed by atoms with van der Waals surface area (Å²) in [6, 6.07) is 9.64. The van der Waals surface area contributed by atoms with Crippen LogP contribution in [0.4, 0.5) is 0 Å². The number of nitrogens with zero attached hydrogens (tertiary/aromatic N) is 2. The first-order chi connectivity index (χ1) is 9.67. The van der Waals surface area contributed by atoms with Gasteiger partial charge >= 0.3 is 0 Å². The van der Waals surface area contributed by atoms with Crippen molar-refractivity contribution in [3.8, 4) is 0 Å². The van der Waals surface area contributed by atoms with Crippen LogP contribution in [0.5, 0.6) is 0 Å². The second-order valence-corrected chi connectivity index (χ2v) is 5.97. The van der Waals surface area contributed by atoms with Gasteiger partial charge in [-0.2, -0.15) is 0 Å². The van der Waals surface area contributed by atoms with Gasteiger partial charge in [0.1, 0.15) is 0 Å². The van der Waals surface area contributed by atoms with Gasteiger partial charge in [0.05, 0.1) is 0 Å². The van der Waals surface area contributed by atoms with E-state index in [9.17, 15) is 0 Å². The highest BCUT2D eigenvalue weighted by Crippen LogP contribution is 2.24. The summed E-state index contributed by atoms with van der Waals surface area (Å²) in [6.07, 6.45) is 2.66. The number of aryl methyl sites for hydroxylation is 1. The largest absolute Gasteiger partial charge is 0.329 e. The normalized spacial score (nSPS) is 21.6. The summed E-state index contributed by atoms with van der Waals surface area (Å²) >= 11 is 0. The van der Waals surface area contributed by atoms with Crippen molar-refractivity contribution in [2.75, 3.05) is 33.2 Å². The minimum absolute atomic E-state index is 0.329. The van der Waals surface area contributed by atoms with E-state index in [2.05, 4.69) is 55.0 Å². The van der Waals surface area contributed by atoms with E-state index in [-0.39, 0.29) is 0 Å². The monoisotopic (exact) mass is 275 g/mol. The van der Waals surface area contributed by atoms with Gasteiger partial charge in [-0.1, -0.05) is 31.2 Å². The molecule has 2 unspecified atom stereocenters. The lowest BCUT2D eigenvalue weighted by Crippen LogP contribution is -2.42. The Balaban J connectivity index is 2.06. The first-order valence-corrected chi connectivity index (χ1v) is 7.87. The van der Waals surface area contributed by atoms with E-state index in [0.717, 1.165) is 13.1 Å². The van der Waals surface area contributed by atoms with Crippen LogP contribution in [0.15, 0.2) is 24.3 Å². The van der Waals surface area contributed by atoms with E-state index in [1.54, 1.807) is 0 Å². The molecule has 0 bridgehead atoms. The molecular formula is C17H29N3. The van der Waals surface area contributed by atoms with Crippen LogP contribution in [0, 0.1) is 6.92 Å². The molecular weight excluding hydrogens is 246 g/mol.